The molecule has 1 aromatic rings. The molecule has 1 atom stereocenters. The van der Waals surface area contributed by atoms with Crippen LogP contribution in [0.3, 0.4) is 0 Å². The summed E-state index contributed by atoms with van der Waals surface area (Å²) < 4.78 is 6.31. The summed E-state index contributed by atoms with van der Waals surface area (Å²) in [6, 6.07) is -0.654. The molecule has 3 rings (SSSR count). The fourth-order valence-electron chi connectivity index (χ4n) is 2.74. The van der Waals surface area contributed by atoms with Crippen molar-refractivity contribution in [3.8, 4) is 0 Å². The van der Waals surface area contributed by atoms with Crippen molar-refractivity contribution in [3.63, 3.8) is 0 Å². The van der Waals surface area contributed by atoms with E-state index in [1.807, 2.05) is 34.6 Å². The summed E-state index contributed by atoms with van der Waals surface area (Å²) in [7, 11) is 1.71. The van der Waals surface area contributed by atoms with Gasteiger partial charge in [0.25, 0.3) is 0 Å². The summed E-state index contributed by atoms with van der Waals surface area (Å²) in [4.78, 5) is 38.4. The molecule has 2 aliphatic heterocycles. The van der Waals surface area contributed by atoms with Gasteiger partial charge in [0.05, 0.1) is 18.7 Å². The third-order valence-electron chi connectivity index (χ3n) is 4.31. The number of ether oxygens (including phenoxy) is 1. The molecule has 1 fully saturated rings. The lowest BCUT2D eigenvalue weighted by molar-refractivity contribution is -0.136. The molecule has 2 amide bonds. The smallest absolute Gasteiger partial charge is 0.344 e. The van der Waals surface area contributed by atoms with E-state index < -0.39 is 11.7 Å². The first-order valence-corrected chi connectivity index (χ1v) is 9.46. The molecule has 9 heteroatoms. The number of fused-ring (bicyclic) bond motifs is 1. The topological polar surface area (TPSA) is 101 Å². The minimum Gasteiger partial charge on any atom is -0.379 e. The zero-order valence-corrected chi connectivity index (χ0v) is 17.3. The van der Waals surface area contributed by atoms with Gasteiger partial charge >= 0.3 is 5.69 Å². The Kier molecular flexibility index (Phi) is 8.68. The fourth-order valence-corrected chi connectivity index (χ4v) is 2.74. The van der Waals surface area contributed by atoms with Crippen LogP contribution in [-0.4, -0.2) is 69.2 Å². The summed E-state index contributed by atoms with van der Waals surface area (Å²) in [5.41, 5.74) is -0.349. The summed E-state index contributed by atoms with van der Waals surface area (Å²) >= 11 is 0. The zero-order chi connectivity index (χ0) is 20.6. The summed E-state index contributed by atoms with van der Waals surface area (Å²) in [5.74, 6) is 0.328. The summed E-state index contributed by atoms with van der Waals surface area (Å²) in [6.45, 7) is 12.0. The van der Waals surface area contributed by atoms with Crippen LogP contribution in [0.2, 0.25) is 0 Å². The van der Waals surface area contributed by atoms with Crippen molar-refractivity contribution >= 4 is 12.3 Å². The minimum absolute atomic E-state index is 0.0417. The van der Waals surface area contributed by atoms with Crippen molar-refractivity contribution in [2.75, 3.05) is 26.7 Å². The Morgan fingerprint density at radius 2 is 1.81 bits per heavy atom. The van der Waals surface area contributed by atoms with Crippen LogP contribution < -0.4 is 5.69 Å². The third-order valence-corrected chi connectivity index (χ3v) is 4.31. The van der Waals surface area contributed by atoms with Gasteiger partial charge in [-0.2, -0.15) is 5.10 Å². The Balaban J connectivity index is 0.000000392. The Morgan fingerprint density at radius 1 is 1.26 bits per heavy atom. The average Bonchev–Trinajstić information content (AvgIpc) is 3.32. The van der Waals surface area contributed by atoms with Gasteiger partial charge in [-0.25, -0.2) is 9.89 Å². The second-order valence-corrected chi connectivity index (χ2v) is 7.21. The number of nitrogens with one attached hydrogen (secondary N) is 1. The molecule has 27 heavy (non-hydrogen) atoms. The van der Waals surface area contributed by atoms with Crippen LogP contribution in [0.25, 0.3) is 0 Å². The van der Waals surface area contributed by atoms with Gasteiger partial charge in [0.2, 0.25) is 12.3 Å². The molecule has 0 bridgehead atoms. The number of aromatic amines is 1. The molecule has 1 saturated heterocycles. The van der Waals surface area contributed by atoms with E-state index in [2.05, 4.69) is 10.2 Å². The van der Waals surface area contributed by atoms with Crippen LogP contribution in [0, 0.1) is 0 Å². The lowest BCUT2D eigenvalue weighted by Crippen LogP contribution is -2.47. The molecule has 0 spiro atoms. The van der Waals surface area contributed by atoms with Crippen LogP contribution in [0.1, 0.15) is 59.3 Å². The number of aromatic nitrogens is 3. The fraction of sp³-hybridized carbons (Fsp3) is 0.778. The minimum atomic E-state index is -0.654. The predicted octanol–water partition coefficient (Wildman–Crippen LogP) is 1.16. The number of methoxy groups -OCH3 is 1. The predicted molar refractivity (Wildman–Crippen MR) is 102 cm³/mol. The number of nitrogens with zero attached hydrogens (tertiary/aromatic N) is 4. The highest BCUT2D eigenvalue weighted by molar-refractivity contribution is 5.81. The van der Waals surface area contributed by atoms with Gasteiger partial charge in [0.15, 0.2) is 5.82 Å². The largest absolute Gasteiger partial charge is 0.379 e. The van der Waals surface area contributed by atoms with Gasteiger partial charge in [-0.05, 0) is 33.6 Å². The number of hydrogen-bond donors (Lipinski definition) is 1. The van der Waals surface area contributed by atoms with Crippen molar-refractivity contribution in [3.05, 3.63) is 16.3 Å². The molecule has 154 valence electrons. The number of hydrogen-bond acceptors (Lipinski definition) is 5. The molecule has 0 radical (unpaired) electrons. The Hall–Kier alpha value is -2.16. The van der Waals surface area contributed by atoms with Gasteiger partial charge in [-0.1, -0.05) is 13.8 Å². The Labute approximate surface area is 160 Å². The second kappa shape index (κ2) is 10.2. The van der Waals surface area contributed by atoms with Crippen molar-refractivity contribution < 1.29 is 14.3 Å². The SMILES string of the molecule is CC.COC(C)(C)C.O=CN1Cc2n[nH]c(=O)n2C(C(=O)N2CCCC2)C1. The highest BCUT2D eigenvalue weighted by Gasteiger charge is 2.35. The van der Waals surface area contributed by atoms with Gasteiger partial charge in [0, 0.05) is 20.2 Å². The molecule has 2 aliphatic rings. The standard InChI is InChI=1S/C11H15N5O3.C5H12O.C2H6/c17-7-14-5-8(10(18)15-3-1-2-4-15)16-9(6-14)12-13-11(16)19;1-5(2,3)6-4;1-2/h7-8H,1-6H2,(H,13,19);1-4H3;1-2H3. The van der Waals surface area contributed by atoms with Crippen molar-refractivity contribution in [2.45, 2.75) is 65.6 Å². The van der Waals surface area contributed by atoms with Crippen LogP contribution in [0.5, 0.6) is 0 Å². The lowest BCUT2D eigenvalue weighted by atomic mass is 10.2. The maximum absolute atomic E-state index is 12.5. The first-order chi connectivity index (χ1) is 12.8. The number of amides is 2. The van der Waals surface area contributed by atoms with E-state index in [4.69, 9.17) is 4.74 Å². The van der Waals surface area contributed by atoms with Crippen LogP contribution in [0.4, 0.5) is 0 Å². The van der Waals surface area contributed by atoms with Crippen LogP contribution in [0.15, 0.2) is 4.79 Å². The molecule has 9 nitrogen and oxygen atoms in total. The number of H-pyrrole nitrogens is 1. The van der Waals surface area contributed by atoms with E-state index in [0.29, 0.717) is 12.2 Å². The van der Waals surface area contributed by atoms with E-state index in [-0.39, 0.29) is 24.6 Å². The molecule has 1 unspecified atom stereocenters. The molecule has 0 saturated carbocycles. The van der Waals surface area contributed by atoms with Gasteiger partial charge in [-0.15, -0.1) is 0 Å². The maximum atomic E-state index is 12.5. The quantitative estimate of drug-likeness (QED) is 0.773. The maximum Gasteiger partial charge on any atom is 0.344 e. The number of carbonyl (C=O) groups excluding carboxylic acids is 2. The van der Waals surface area contributed by atoms with E-state index in [0.717, 1.165) is 25.9 Å². The number of likely N-dealkylation sites (tertiary alicyclic amines) is 1. The van der Waals surface area contributed by atoms with Crippen molar-refractivity contribution in [2.24, 2.45) is 0 Å². The Morgan fingerprint density at radius 3 is 2.30 bits per heavy atom. The average molecular weight is 383 g/mol. The number of carbonyl (C=O) groups is 2. The van der Waals surface area contributed by atoms with E-state index in [1.165, 1.54) is 9.47 Å². The summed E-state index contributed by atoms with van der Waals surface area (Å²) in [5, 5.41) is 6.21. The van der Waals surface area contributed by atoms with Gasteiger partial charge in [0.1, 0.15) is 6.04 Å². The van der Waals surface area contributed by atoms with Crippen LogP contribution >= 0.6 is 0 Å². The zero-order valence-electron chi connectivity index (χ0n) is 17.3. The first-order valence-electron chi connectivity index (χ1n) is 9.46. The van der Waals surface area contributed by atoms with Crippen molar-refractivity contribution in [1.29, 1.82) is 0 Å². The molecule has 0 aromatic carbocycles. The van der Waals surface area contributed by atoms with E-state index in [1.54, 1.807) is 12.0 Å². The molecule has 1 N–H and O–H groups in total. The van der Waals surface area contributed by atoms with Crippen molar-refractivity contribution in [1.82, 2.24) is 24.6 Å². The van der Waals surface area contributed by atoms with Crippen LogP contribution in [-0.2, 0) is 20.9 Å². The normalized spacial score (nSPS) is 18.7. The summed E-state index contributed by atoms with van der Waals surface area (Å²) in [6.07, 6.45) is 2.67. The molecular weight excluding hydrogens is 350 g/mol. The molecule has 0 aliphatic carbocycles. The second-order valence-electron chi connectivity index (χ2n) is 7.21. The molecule has 3 heterocycles. The van der Waals surface area contributed by atoms with E-state index >= 15 is 0 Å². The monoisotopic (exact) mass is 383 g/mol. The lowest BCUT2D eigenvalue weighted by Gasteiger charge is -2.31. The van der Waals surface area contributed by atoms with Gasteiger partial charge in [-0.3, -0.25) is 14.2 Å². The number of rotatable bonds is 2. The molecule has 1 aromatic heterocycles. The van der Waals surface area contributed by atoms with E-state index in [9.17, 15) is 14.4 Å². The third kappa shape index (κ3) is 6.20. The first kappa shape index (κ1) is 22.9. The highest BCUT2D eigenvalue weighted by atomic mass is 16.5. The highest BCUT2D eigenvalue weighted by Crippen LogP contribution is 2.21. The Bertz CT molecular complexity index is 655. The van der Waals surface area contributed by atoms with Gasteiger partial charge < -0.3 is 14.5 Å². The molecular formula is C18H33N5O4.